The number of sulfone groups is 1. The highest BCUT2D eigenvalue weighted by Crippen LogP contribution is 2.29. The Labute approximate surface area is 144 Å². The normalized spacial score (nSPS) is 11.4. The van der Waals surface area contributed by atoms with Gasteiger partial charge in [0, 0.05) is 22.4 Å². The molecule has 1 heterocycles. The summed E-state index contributed by atoms with van der Waals surface area (Å²) in [5.41, 5.74) is 1.61. The standard InChI is InChI=1S/C17H13ClN2O3S/c1-24(22,23)15-10-19-17(12-4-8-14(21)9-5-12)20-16(15)11-2-6-13(18)7-3-11/h2-10,21H,1H3. The largest absolute Gasteiger partial charge is 0.508 e. The number of phenols is 1. The zero-order valence-corrected chi connectivity index (χ0v) is 14.2. The van der Waals surface area contributed by atoms with Gasteiger partial charge in [0.15, 0.2) is 15.7 Å². The van der Waals surface area contributed by atoms with Crippen molar-refractivity contribution < 1.29 is 13.5 Å². The third-order valence-corrected chi connectivity index (χ3v) is 4.75. The Morgan fingerprint density at radius 3 is 2.12 bits per heavy atom. The minimum absolute atomic E-state index is 0.0485. The van der Waals surface area contributed by atoms with E-state index in [4.69, 9.17) is 11.6 Å². The molecule has 7 heteroatoms. The molecule has 0 unspecified atom stereocenters. The maximum atomic E-state index is 12.0. The summed E-state index contributed by atoms with van der Waals surface area (Å²) in [6.07, 6.45) is 2.42. The molecule has 1 aromatic heterocycles. The van der Waals surface area contributed by atoms with Gasteiger partial charge in [-0.15, -0.1) is 0 Å². The van der Waals surface area contributed by atoms with E-state index in [0.29, 0.717) is 27.7 Å². The Morgan fingerprint density at radius 2 is 1.54 bits per heavy atom. The van der Waals surface area contributed by atoms with E-state index < -0.39 is 9.84 Å². The predicted octanol–water partition coefficient (Wildman–Crippen LogP) is 3.57. The average molecular weight is 361 g/mol. The van der Waals surface area contributed by atoms with Crippen LogP contribution in [0.25, 0.3) is 22.6 Å². The summed E-state index contributed by atoms with van der Waals surface area (Å²) in [6.45, 7) is 0. The number of nitrogens with zero attached hydrogens (tertiary/aromatic N) is 2. The van der Waals surface area contributed by atoms with E-state index in [9.17, 15) is 13.5 Å². The van der Waals surface area contributed by atoms with E-state index in [0.717, 1.165) is 6.26 Å². The zero-order chi connectivity index (χ0) is 17.3. The zero-order valence-electron chi connectivity index (χ0n) is 12.6. The van der Waals surface area contributed by atoms with E-state index >= 15 is 0 Å². The first-order chi connectivity index (χ1) is 11.3. The lowest BCUT2D eigenvalue weighted by molar-refractivity contribution is 0.475. The summed E-state index contributed by atoms with van der Waals surface area (Å²) in [5, 5.41) is 9.93. The predicted molar refractivity (Wildman–Crippen MR) is 92.7 cm³/mol. The molecule has 0 fully saturated rings. The van der Waals surface area contributed by atoms with Gasteiger partial charge in [-0.05, 0) is 36.4 Å². The van der Waals surface area contributed by atoms with Gasteiger partial charge in [0.25, 0.3) is 0 Å². The SMILES string of the molecule is CS(=O)(=O)c1cnc(-c2ccc(O)cc2)nc1-c1ccc(Cl)cc1. The maximum Gasteiger partial charge on any atom is 0.179 e. The minimum Gasteiger partial charge on any atom is -0.508 e. The lowest BCUT2D eigenvalue weighted by Gasteiger charge is -2.09. The molecule has 1 N–H and O–H groups in total. The van der Waals surface area contributed by atoms with Crippen molar-refractivity contribution in [1.29, 1.82) is 0 Å². The molecule has 24 heavy (non-hydrogen) atoms. The molecule has 3 rings (SSSR count). The number of aromatic nitrogens is 2. The lowest BCUT2D eigenvalue weighted by atomic mass is 10.1. The molecule has 0 saturated heterocycles. The van der Waals surface area contributed by atoms with E-state index in [1.54, 1.807) is 36.4 Å². The van der Waals surface area contributed by atoms with Crippen LogP contribution in [-0.2, 0) is 9.84 Å². The van der Waals surface area contributed by atoms with Crippen LogP contribution >= 0.6 is 11.6 Å². The first-order valence-corrected chi connectivity index (χ1v) is 9.24. The number of hydrogen-bond donors (Lipinski definition) is 1. The van der Waals surface area contributed by atoms with Gasteiger partial charge in [-0.2, -0.15) is 0 Å². The fourth-order valence-electron chi connectivity index (χ4n) is 2.21. The van der Waals surface area contributed by atoms with E-state index in [1.807, 2.05) is 0 Å². The van der Waals surface area contributed by atoms with E-state index in [-0.39, 0.29) is 10.6 Å². The third-order valence-electron chi connectivity index (χ3n) is 3.40. The van der Waals surface area contributed by atoms with Crippen molar-refractivity contribution in [2.75, 3.05) is 6.26 Å². The van der Waals surface area contributed by atoms with Crippen molar-refractivity contribution in [3.63, 3.8) is 0 Å². The van der Waals surface area contributed by atoms with Gasteiger partial charge < -0.3 is 5.11 Å². The number of rotatable bonds is 3. The monoisotopic (exact) mass is 360 g/mol. The highest BCUT2D eigenvalue weighted by Gasteiger charge is 2.18. The number of benzene rings is 2. The van der Waals surface area contributed by atoms with Crippen molar-refractivity contribution in [1.82, 2.24) is 9.97 Å². The summed E-state index contributed by atoms with van der Waals surface area (Å²) < 4.78 is 24.1. The Bertz CT molecular complexity index is 985. The number of aromatic hydroxyl groups is 1. The van der Waals surface area contributed by atoms with Gasteiger partial charge in [0.1, 0.15) is 10.6 Å². The highest BCUT2D eigenvalue weighted by molar-refractivity contribution is 7.90. The second-order valence-corrected chi connectivity index (χ2v) is 7.65. The molecule has 2 aromatic carbocycles. The number of halogens is 1. The molecule has 122 valence electrons. The first-order valence-electron chi connectivity index (χ1n) is 6.97. The fraction of sp³-hybridized carbons (Fsp3) is 0.0588. The molecule has 0 atom stereocenters. The molecule has 0 saturated carbocycles. The van der Waals surface area contributed by atoms with Crippen molar-refractivity contribution in [3.05, 3.63) is 59.8 Å². The average Bonchev–Trinajstić information content (AvgIpc) is 2.55. The topological polar surface area (TPSA) is 80.2 Å². The quantitative estimate of drug-likeness (QED) is 0.772. The van der Waals surface area contributed by atoms with Crippen LogP contribution in [0.15, 0.2) is 59.6 Å². The van der Waals surface area contributed by atoms with E-state index in [2.05, 4.69) is 9.97 Å². The molecule has 0 radical (unpaired) electrons. The Hall–Kier alpha value is -2.44. The van der Waals surface area contributed by atoms with Crippen LogP contribution < -0.4 is 0 Å². The molecule has 0 aliphatic rings. The van der Waals surface area contributed by atoms with Gasteiger partial charge in [-0.1, -0.05) is 23.7 Å². The van der Waals surface area contributed by atoms with Crippen LogP contribution in [0.1, 0.15) is 0 Å². The summed E-state index contributed by atoms with van der Waals surface area (Å²) in [4.78, 5) is 8.62. The lowest BCUT2D eigenvalue weighted by Crippen LogP contribution is -2.04. The van der Waals surface area contributed by atoms with Crippen LogP contribution in [-0.4, -0.2) is 29.7 Å². The maximum absolute atomic E-state index is 12.0. The second-order valence-electron chi connectivity index (χ2n) is 5.23. The van der Waals surface area contributed by atoms with Crippen molar-refractivity contribution in [3.8, 4) is 28.4 Å². The molecule has 0 bridgehead atoms. The molecule has 0 aliphatic heterocycles. The Balaban J connectivity index is 2.21. The van der Waals surface area contributed by atoms with Crippen LogP contribution in [0.5, 0.6) is 5.75 Å². The number of hydrogen-bond acceptors (Lipinski definition) is 5. The summed E-state index contributed by atoms with van der Waals surface area (Å²) in [7, 11) is -3.50. The second kappa shape index (κ2) is 6.22. The van der Waals surface area contributed by atoms with Gasteiger partial charge in [-0.3, -0.25) is 0 Å². The van der Waals surface area contributed by atoms with Crippen molar-refractivity contribution in [2.24, 2.45) is 0 Å². The third kappa shape index (κ3) is 3.39. The summed E-state index contributed by atoms with van der Waals surface area (Å²) >= 11 is 5.90. The Kier molecular flexibility index (Phi) is 4.26. The number of phenolic OH excluding ortho intramolecular Hbond substituents is 1. The molecule has 0 aliphatic carbocycles. The van der Waals surface area contributed by atoms with Crippen molar-refractivity contribution >= 4 is 21.4 Å². The van der Waals surface area contributed by atoms with Crippen molar-refractivity contribution in [2.45, 2.75) is 4.90 Å². The highest BCUT2D eigenvalue weighted by atomic mass is 35.5. The smallest absolute Gasteiger partial charge is 0.179 e. The van der Waals surface area contributed by atoms with Gasteiger partial charge in [0.05, 0.1) is 11.9 Å². The molecule has 3 aromatic rings. The Morgan fingerprint density at radius 1 is 0.958 bits per heavy atom. The van der Waals surface area contributed by atoms with Gasteiger partial charge in [-0.25, -0.2) is 18.4 Å². The van der Waals surface area contributed by atoms with Crippen LogP contribution in [0.3, 0.4) is 0 Å². The molecule has 0 spiro atoms. The molecular weight excluding hydrogens is 348 g/mol. The molecular formula is C17H13ClN2O3S. The summed E-state index contributed by atoms with van der Waals surface area (Å²) in [6, 6.07) is 13.1. The molecule has 0 amide bonds. The van der Waals surface area contributed by atoms with E-state index in [1.165, 1.54) is 18.3 Å². The first kappa shape index (κ1) is 16.4. The van der Waals surface area contributed by atoms with Crippen LogP contribution in [0, 0.1) is 0 Å². The minimum atomic E-state index is -3.50. The van der Waals surface area contributed by atoms with Gasteiger partial charge >= 0.3 is 0 Å². The van der Waals surface area contributed by atoms with Gasteiger partial charge in [0.2, 0.25) is 0 Å². The van der Waals surface area contributed by atoms with Crippen LogP contribution in [0.4, 0.5) is 0 Å². The van der Waals surface area contributed by atoms with Crippen LogP contribution in [0.2, 0.25) is 5.02 Å². The summed E-state index contributed by atoms with van der Waals surface area (Å²) in [5.74, 6) is 0.497. The fourth-order valence-corrected chi connectivity index (χ4v) is 3.09. The molecule has 5 nitrogen and oxygen atoms in total.